The molecular weight excluding hydrogens is 409 g/mol. The average molecular weight is 414 g/mol. The molecule has 1 heterocycles. The third kappa shape index (κ3) is 1.64. The second kappa shape index (κ2) is 3.09. The monoisotopic (exact) mass is 415 g/mol. The Balaban J connectivity index is 2.84. The van der Waals surface area contributed by atoms with Gasteiger partial charge in [0.15, 0.2) is 0 Å². The molecule has 1 aromatic rings. The summed E-state index contributed by atoms with van der Waals surface area (Å²) in [5, 5.41) is 7.73. The number of halogens is 1. The van der Waals surface area contributed by atoms with E-state index in [1.54, 1.807) is 0 Å². The maximum absolute atomic E-state index is 3.89. The molecule has 0 bridgehead atoms. The standard InChI is InChI=1S/C2HIN3.CH3.Tl.H/c3-2-1-4-6-5-2;;;/h1H;1H3;;/q-1;;+1;. The Hall–Kier alpha value is 0.792. The molecule has 0 spiro atoms. The van der Waals surface area contributed by atoms with Gasteiger partial charge in [0, 0.05) is 0 Å². The van der Waals surface area contributed by atoms with Gasteiger partial charge in [0.1, 0.15) is 0 Å². The van der Waals surface area contributed by atoms with E-state index in [1.807, 2.05) is 8.69 Å². The van der Waals surface area contributed by atoms with Gasteiger partial charge in [-0.1, -0.05) is 0 Å². The number of aromatic nitrogens is 3. The Morgan fingerprint density at radius 2 is 2.62 bits per heavy atom. The molecule has 0 amide bonds. The van der Waals surface area contributed by atoms with Gasteiger partial charge < -0.3 is 0 Å². The van der Waals surface area contributed by atoms with Crippen LogP contribution in [-0.2, 0) is 0 Å². The summed E-state index contributed by atoms with van der Waals surface area (Å²) in [5.41, 5.74) is 0. The number of rotatable bonds is 1. The molecule has 0 radical (unpaired) electrons. The maximum atomic E-state index is 3.89. The predicted octanol–water partition coefficient (Wildman–Crippen LogP) is 0.130. The van der Waals surface area contributed by atoms with Crippen molar-refractivity contribution >= 4 is 47.1 Å². The fourth-order valence-electron chi connectivity index (χ4n) is 0.429. The molecule has 1 rings (SSSR count). The summed E-state index contributed by atoms with van der Waals surface area (Å²) in [6.07, 6.45) is 2.00. The zero-order valence-corrected chi connectivity index (χ0v) is 12.2. The molecule has 0 fully saturated rings. The van der Waals surface area contributed by atoms with E-state index in [0.717, 1.165) is 3.70 Å². The Morgan fingerprint density at radius 1 is 1.88 bits per heavy atom. The first-order chi connectivity index (χ1) is 3.83. The van der Waals surface area contributed by atoms with Crippen LogP contribution in [0, 0.1) is 3.70 Å². The molecular formula is C3H5IN3Tl. The molecule has 0 unspecified atom stereocenters. The fourth-order valence-corrected chi connectivity index (χ4v) is 4.41. The summed E-state index contributed by atoms with van der Waals surface area (Å²) >= 11 is 1.39. The molecule has 0 aliphatic heterocycles. The van der Waals surface area contributed by atoms with Gasteiger partial charge in [0.2, 0.25) is 0 Å². The van der Waals surface area contributed by atoms with Crippen LogP contribution in [0.15, 0.2) is 6.20 Å². The normalized spacial score (nSPS) is 9.25. The average Bonchev–Trinajstić information content (AvgIpc) is 2.14. The first-order valence-electron chi connectivity index (χ1n) is 2.38. The van der Waals surface area contributed by atoms with Crippen LogP contribution in [0.2, 0.25) is 4.48 Å². The Labute approximate surface area is 73.6 Å². The molecule has 0 aromatic carbocycles. The van der Waals surface area contributed by atoms with Crippen molar-refractivity contribution in [1.82, 2.24) is 12.8 Å². The number of hydrogen-bond donors (Lipinski definition) is 0. The molecule has 0 N–H and O–H groups in total. The van der Waals surface area contributed by atoms with Crippen LogP contribution >= 0.6 is 22.6 Å². The summed E-state index contributed by atoms with van der Waals surface area (Å²) in [6.45, 7) is 0. The quantitative estimate of drug-likeness (QED) is 0.483. The Bertz CT molecular complexity index is 175. The third-order valence-electron chi connectivity index (χ3n) is 0.835. The van der Waals surface area contributed by atoms with Crippen molar-refractivity contribution in [3.05, 3.63) is 9.90 Å². The summed E-state index contributed by atoms with van der Waals surface area (Å²) in [4.78, 5) is 0. The molecule has 42 valence electrons. The molecule has 1 aromatic heterocycles. The van der Waals surface area contributed by atoms with E-state index in [9.17, 15) is 0 Å². The van der Waals surface area contributed by atoms with Gasteiger partial charge in [-0.15, -0.1) is 0 Å². The third-order valence-corrected chi connectivity index (χ3v) is 5.05. The van der Waals surface area contributed by atoms with Gasteiger partial charge in [0.05, 0.1) is 0 Å². The first-order valence-corrected chi connectivity index (χ1v) is 11.4. The van der Waals surface area contributed by atoms with E-state index in [1.165, 1.54) is 0 Å². The van der Waals surface area contributed by atoms with Crippen LogP contribution in [0.4, 0.5) is 0 Å². The number of nitrogens with zero attached hydrogens (tertiary/aromatic N) is 3. The summed E-state index contributed by atoms with van der Waals surface area (Å²) in [7, 11) is 0. The van der Waals surface area contributed by atoms with E-state index in [4.69, 9.17) is 0 Å². The van der Waals surface area contributed by atoms with Crippen molar-refractivity contribution in [2.75, 3.05) is 0 Å². The van der Waals surface area contributed by atoms with Crippen molar-refractivity contribution < 1.29 is 0 Å². The predicted molar refractivity (Wildman–Crippen MR) is 41.2 cm³/mol. The van der Waals surface area contributed by atoms with E-state index in [-0.39, 0.29) is 0 Å². The van der Waals surface area contributed by atoms with E-state index < -0.39 is 24.5 Å². The van der Waals surface area contributed by atoms with Crippen molar-refractivity contribution in [1.29, 1.82) is 0 Å². The van der Waals surface area contributed by atoms with Gasteiger partial charge in [0.25, 0.3) is 0 Å². The van der Waals surface area contributed by atoms with Gasteiger partial charge >= 0.3 is 74.3 Å². The number of hydrogen-bond acceptors (Lipinski definition) is 2. The molecule has 3 nitrogen and oxygen atoms in total. The van der Waals surface area contributed by atoms with Gasteiger partial charge in [-0.05, 0) is 0 Å². The SMILES string of the molecule is [CH3][TlH][n]1cc(I)nn1. The van der Waals surface area contributed by atoms with Crippen molar-refractivity contribution in [2.45, 2.75) is 4.48 Å². The zero-order chi connectivity index (χ0) is 5.98. The summed E-state index contributed by atoms with van der Waals surface area (Å²) in [6, 6.07) is 0. The molecule has 0 saturated carbocycles. The van der Waals surface area contributed by atoms with Crippen LogP contribution in [0.3, 0.4) is 0 Å². The summed E-state index contributed by atoms with van der Waals surface area (Å²) < 4.78 is 5.27. The molecule has 0 aliphatic carbocycles. The van der Waals surface area contributed by atoms with Crippen LogP contribution in [0.1, 0.15) is 0 Å². The van der Waals surface area contributed by atoms with Crippen LogP contribution in [-0.4, -0.2) is 37.3 Å². The van der Waals surface area contributed by atoms with Crippen molar-refractivity contribution in [3.8, 4) is 0 Å². The Kier molecular flexibility index (Phi) is 2.66. The minimum atomic E-state index is -0.779. The first kappa shape index (κ1) is 6.91. The van der Waals surface area contributed by atoms with Crippen molar-refractivity contribution in [3.63, 3.8) is 0 Å². The minimum absolute atomic E-state index is 0.779. The topological polar surface area (TPSA) is 30.7 Å². The molecule has 0 saturated heterocycles. The zero-order valence-electron chi connectivity index (χ0n) is 4.50. The van der Waals surface area contributed by atoms with E-state index in [0.29, 0.717) is 0 Å². The second-order valence-electron chi connectivity index (χ2n) is 1.40. The van der Waals surface area contributed by atoms with Crippen molar-refractivity contribution in [2.24, 2.45) is 0 Å². The van der Waals surface area contributed by atoms with Crippen LogP contribution in [0.25, 0.3) is 0 Å². The van der Waals surface area contributed by atoms with Gasteiger partial charge in [-0.2, -0.15) is 0 Å². The van der Waals surface area contributed by atoms with Crippen LogP contribution < -0.4 is 0 Å². The van der Waals surface area contributed by atoms with Crippen LogP contribution in [0.5, 0.6) is 0 Å². The Morgan fingerprint density at radius 3 is 2.88 bits per heavy atom. The van der Waals surface area contributed by atoms with Gasteiger partial charge in [-0.25, -0.2) is 0 Å². The molecule has 5 heteroatoms. The molecule has 0 aliphatic rings. The molecule has 0 atom stereocenters. The summed E-state index contributed by atoms with van der Waals surface area (Å²) in [5.74, 6) is 0. The molecule has 8 heavy (non-hydrogen) atoms. The second-order valence-corrected chi connectivity index (χ2v) is 7.48. The van der Waals surface area contributed by atoms with E-state index in [2.05, 4.69) is 37.4 Å². The van der Waals surface area contributed by atoms with Gasteiger partial charge in [-0.3, -0.25) is 0 Å². The van der Waals surface area contributed by atoms with E-state index >= 15 is 0 Å². The fraction of sp³-hybridized carbons (Fsp3) is 0.333.